The molecule has 4 nitrogen and oxygen atoms in total. The Morgan fingerprint density at radius 1 is 1.23 bits per heavy atom. The zero-order chi connectivity index (χ0) is 15.4. The first kappa shape index (κ1) is 14.7. The van der Waals surface area contributed by atoms with E-state index in [0.717, 1.165) is 23.5 Å². The molecule has 2 amide bonds. The molecule has 0 aliphatic heterocycles. The number of nitrogens with zero attached hydrogens (tertiary/aromatic N) is 1. The quantitative estimate of drug-likeness (QED) is 0.866. The predicted octanol–water partition coefficient (Wildman–Crippen LogP) is 4.34. The summed E-state index contributed by atoms with van der Waals surface area (Å²) < 4.78 is 0. The SMILES string of the molecule is CN(CC1CCCC1)C(=O)Nc1ccc(-c2ccc[nH]2)cc1. The van der Waals surface area contributed by atoms with Gasteiger partial charge in [-0.15, -0.1) is 0 Å². The molecule has 0 atom stereocenters. The number of carbonyl (C=O) groups excluding carboxylic acids is 1. The Morgan fingerprint density at radius 3 is 2.59 bits per heavy atom. The van der Waals surface area contributed by atoms with Crippen LogP contribution in [-0.4, -0.2) is 29.5 Å². The largest absolute Gasteiger partial charge is 0.361 e. The van der Waals surface area contributed by atoms with Crippen LogP contribution in [0.15, 0.2) is 42.6 Å². The number of hydrogen-bond donors (Lipinski definition) is 2. The third-order valence-electron chi connectivity index (χ3n) is 4.40. The van der Waals surface area contributed by atoms with Gasteiger partial charge < -0.3 is 15.2 Å². The summed E-state index contributed by atoms with van der Waals surface area (Å²) in [5, 5.41) is 2.96. The van der Waals surface area contributed by atoms with E-state index in [1.54, 1.807) is 4.90 Å². The van der Waals surface area contributed by atoms with Crippen LogP contribution in [0.5, 0.6) is 0 Å². The Bertz CT molecular complexity index is 598. The van der Waals surface area contributed by atoms with Crippen LogP contribution in [0, 0.1) is 5.92 Å². The second-order valence-electron chi connectivity index (χ2n) is 6.12. The number of urea groups is 1. The molecule has 0 unspecified atom stereocenters. The van der Waals surface area contributed by atoms with Crippen LogP contribution in [0.2, 0.25) is 0 Å². The molecular weight excluding hydrogens is 274 g/mol. The third-order valence-corrected chi connectivity index (χ3v) is 4.40. The molecule has 116 valence electrons. The number of H-pyrrole nitrogens is 1. The minimum Gasteiger partial charge on any atom is -0.361 e. The molecule has 0 radical (unpaired) electrons. The van der Waals surface area contributed by atoms with Crippen molar-refractivity contribution in [2.75, 3.05) is 18.9 Å². The van der Waals surface area contributed by atoms with Crippen molar-refractivity contribution in [1.82, 2.24) is 9.88 Å². The van der Waals surface area contributed by atoms with Gasteiger partial charge in [0.1, 0.15) is 0 Å². The molecule has 2 N–H and O–H groups in total. The molecule has 22 heavy (non-hydrogen) atoms. The highest BCUT2D eigenvalue weighted by Crippen LogP contribution is 2.25. The van der Waals surface area contributed by atoms with E-state index in [1.807, 2.05) is 49.6 Å². The van der Waals surface area contributed by atoms with Gasteiger partial charge in [-0.25, -0.2) is 4.79 Å². The molecule has 0 saturated heterocycles. The van der Waals surface area contributed by atoms with Gasteiger partial charge in [-0.3, -0.25) is 0 Å². The molecule has 0 spiro atoms. The van der Waals surface area contributed by atoms with Gasteiger partial charge in [0, 0.05) is 31.2 Å². The Balaban J connectivity index is 1.56. The summed E-state index contributed by atoms with van der Waals surface area (Å²) in [4.78, 5) is 17.2. The van der Waals surface area contributed by atoms with Gasteiger partial charge in [0.2, 0.25) is 0 Å². The molecule has 1 aliphatic carbocycles. The number of benzene rings is 1. The van der Waals surface area contributed by atoms with Crippen molar-refractivity contribution in [2.45, 2.75) is 25.7 Å². The molecule has 4 heteroatoms. The average Bonchev–Trinajstić information content (AvgIpc) is 3.21. The fraction of sp³-hybridized carbons (Fsp3) is 0.389. The van der Waals surface area contributed by atoms with Crippen LogP contribution in [0.25, 0.3) is 11.3 Å². The van der Waals surface area contributed by atoms with Gasteiger partial charge in [-0.05, 0) is 48.6 Å². The summed E-state index contributed by atoms with van der Waals surface area (Å²) in [7, 11) is 1.88. The number of hydrogen-bond acceptors (Lipinski definition) is 1. The summed E-state index contributed by atoms with van der Waals surface area (Å²) in [6.45, 7) is 0.854. The van der Waals surface area contributed by atoms with Gasteiger partial charge in [-0.2, -0.15) is 0 Å². The first-order chi connectivity index (χ1) is 10.7. The summed E-state index contributed by atoms with van der Waals surface area (Å²) >= 11 is 0. The fourth-order valence-corrected chi connectivity index (χ4v) is 3.13. The van der Waals surface area contributed by atoms with Crippen molar-refractivity contribution in [3.05, 3.63) is 42.6 Å². The number of anilines is 1. The van der Waals surface area contributed by atoms with Gasteiger partial charge in [-0.1, -0.05) is 25.0 Å². The lowest BCUT2D eigenvalue weighted by molar-refractivity contribution is 0.214. The Hall–Kier alpha value is -2.23. The van der Waals surface area contributed by atoms with Crippen LogP contribution in [-0.2, 0) is 0 Å². The smallest absolute Gasteiger partial charge is 0.321 e. The van der Waals surface area contributed by atoms with E-state index < -0.39 is 0 Å². The van der Waals surface area contributed by atoms with Crippen molar-refractivity contribution in [2.24, 2.45) is 5.92 Å². The molecular formula is C18H23N3O. The lowest BCUT2D eigenvalue weighted by atomic mass is 10.1. The normalized spacial score (nSPS) is 15.0. The van der Waals surface area contributed by atoms with Gasteiger partial charge in [0.15, 0.2) is 0 Å². The van der Waals surface area contributed by atoms with Gasteiger partial charge >= 0.3 is 6.03 Å². The number of aromatic nitrogens is 1. The zero-order valence-electron chi connectivity index (χ0n) is 13.0. The summed E-state index contributed by atoms with van der Waals surface area (Å²) in [5.74, 6) is 0.672. The Morgan fingerprint density at radius 2 is 1.95 bits per heavy atom. The first-order valence-corrected chi connectivity index (χ1v) is 7.98. The second-order valence-corrected chi connectivity index (χ2v) is 6.12. The summed E-state index contributed by atoms with van der Waals surface area (Å²) in [6, 6.07) is 11.9. The maximum Gasteiger partial charge on any atom is 0.321 e. The molecule has 0 bridgehead atoms. The van der Waals surface area contributed by atoms with E-state index in [0.29, 0.717) is 5.92 Å². The standard InChI is InChI=1S/C18H23N3O/c1-21(13-14-5-2-3-6-14)18(22)20-16-10-8-15(9-11-16)17-7-4-12-19-17/h4,7-12,14,19H,2-3,5-6,13H2,1H3,(H,20,22). The lowest BCUT2D eigenvalue weighted by Gasteiger charge is -2.21. The van der Waals surface area contributed by atoms with E-state index in [-0.39, 0.29) is 6.03 Å². The fourth-order valence-electron chi connectivity index (χ4n) is 3.13. The van der Waals surface area contributed by atoms with Gasteiger partial charge in [0.05, 0.1) is 0 Å². The minimum absolute atomic E-state index is 0.0282. The van der Waals surface area contributed by atoms with E-state index in [1.165, 1.54) is 25.7 Å². The molecule has 1 aromatic heterocycles. The molecule has 1 aliphatic rings. The molecule has 1 saturated carbocycles. The van der Waals surface area contributed by atoms with Crippen LogP contribution in [0.1, 0.15) is 25.7 Å². The zero-order valence-corrected chi connectivity index (χ0v) is 13.0. The minimum atomic E-state index is -0.0282. The average molecular weight is 297 g/mol. The maximum atomic E-state index is 12.2. The van der Waals surface area contributed by atoms with Crippen LogP contribution >= 0.6 is 0 Å². The Kier molecular flexibility index (Phi) is 4.47. The number of carbonyl (C=O) groups is 1. The molecule has 3 rings (SSSR count). The highest BCUT2D eigenvalue weighted by atomic mass is 16.2. The van der Waals surface area contributed by atoms with Crippen LogP contribution < -0.4 is 5.32 Å². The van der Waals surface area contributed by atoms with Crippen LogP contribution in [0.3, 0.4) is 0 Å². The molecule has 1 fully saturated rings. The summed E-state index contributed by atoms with van der Waals surface area (Å²) in [6.07, 6.45) is 7.02. The van der Waals surface area contributed by atoms with Crippen molar-refractivity contribution >= 4 is 11.7 Å². The number of amides is 2. The molecule has 2 aromatic rings. The lowest BCUT2D eigenvalue weighted by Crippen LogP contribution is -2.34. The number of rotatable bonds is 4. The van der Waals surface area contributed by atoms with Gasteiger partial charge in [0.25, 0.3) is 0 Å². The highest BCUT2D eigenvalue weighted by Gasteiger charge is 2.19. The first-order valence-electron chi connectivity index (χ1n) is 7.98. The molecule has 1 aromatic carbocycles. The number of nitrogens with one attached hydrogen (secondary N) is 2. The van der Waals surface area contributed by atoms with Crippen molar-refractivity contribution in [1.29, 1.82) is 0 Å². The van der Waals surface area contributed by atoms with Crippen molar-refractivity contribution in [3.8, 4) is 11.3 Å². The van der Waals surface area contributed by atoms with E-state index in [4.69, 9.17) is 0 Å². The predicted molar refractivity (Wildman–Crippen MR) is 89.8 cm³/mol. The van der Waals surface area contributed by atoms with E-state index in [2.05, 4.69) is 10.3 Å². The number of aromatic amines is 1. The summed E-state index contributed by atoms with van der Waals surface area (Å²) in [5.41, 5.74) is 3.03. The topological polar surface area (TPSA) is 48.1 Å². The second kappa shape index (κ2) is 6.69. The van der Waals surface area contributed by atoms with E-state index in [9.17, 15) is 4.79 Å². The Labute approximate surface area is 131 Å². The maximum absolute atomic E-state index is 12.2. The van der Waals surface area contributed by atoms with E-state index >= 15 is 0 Å². The third kappa shape index (κ3) is 3.50. The van der Waals surface area contributed by atoms with Crippen molar-refractivity contribution in [3.63, 3.8) is 0 Å². The highest BCUT2D eigenvalue weighted by molar-refractivity contribution is 5.89. The van der Waals surface area contributed by atoms with Crippen molar-refractivity contribution < 1.29 is 4.79 Å². The van der Waals surface area contributed by atoms with Crippen LogP contribution in [0.4, 0.5) is 10.5 Å². The molecule has 1 heterocycles. The monoisotopic (exact) mass is 297 g/mol.